The molecule has 82 valence electrons. The molecule has 1 fully saturated rings. The van der Waals surface area contributed by atoms with Gasteiger partial charge in [-0.1, -0.05) is 0 Å². The van der Waals surface area contributed by atoms with Crippen LogP contribution in [0.4, 0.5) is 5.69 Å². The minimum Gasteiger partial charge on any atom is -0.324 e. The molecule has 0 aliphatic carbocycles. The van der Waals surface area contributed by atoms with E-state index >= 15 is 0 Å². The Kier molecular flexibility index (Phi) is 3.01. The van der Waals surface area contributed by atoms with Crippen molar-refractivity contribution in [2.75, 3.05) is 18.4 Å². The van der Waals surface area contributed by atoms with E-state index in [1.165, 1.54) is 13.3 Å². The van der Waals surface area contributed by atoms with Crippen LogP contribution in [0.1, 0.15) is 25.8 Å². The van der Waals surface area contributed by atoms with Gasteiger partial charge in [-0.05, 0) is 19.4 Å². The number of amides is 1. The third-order valence-corrected chi connectivity index (χ3v) is 2.57. The Hall–Kier alpha value is -1.36. The van der Waals surface area contributed by atoms with Crippen LogP contribution in [0.2, 0.25) is 0 Å². The lowest BCUT2D eigenvalue weighted by atomic mass is 10.1. The Morgan fingerprint density at radius 2 is 2.60 bits per heavy atom. The fourth-order valence-corrected chi connectivity index (χ4v) is 1.86. The van der Waals surface area contributed by atoms with Crippen molar-refractivity contribution < 1.29 is 4.79 Å². The molecule has 15 heavy (non-hydrogen) atoms. The van der Waals surface area contributed by atoms with E-state index in [9.17, 15) is 4.79 Å². The van der Waals surface area contributed by atoms with Gasteiger partial charge in [0.15, 0.2) is 0 Å². The van der Waals surface area contributed by atoms with E-state index < -0.39 is 0 Å². The summed E-state index contributed by atoms with van der Waals surface area (Å²) in [5.41, 5.74) is 0.771. The van der Waals surface area contributed by atoms with Gasteiger partial charge in [-0.2, -0.15) is 5.10 Å². The Morgan fingerprint density at radius 3 is 3.27 bits per heavy atom. The zero-order chi connectivity index (χ0) is 10.7. The molecule has 1 unspecified atom stereocenters. The minimum atomic E-state index is -0.0590. The summed E-state index contributed by atoms with van der Waals surface area (Å²) >= 11 is 0. The van der Waals surface area contributed by atoms with Gasteiger partial charge in [0.1, 0.15) is 0 Å². The first-order chi connectivity index (χ1) is 7.25. The zero-order valence-electron chi connectivity index (χ0n) is 8.86. The van der Waals surface area contributed by atoms with Crippen molar-refractivity contribution in [3.63, 3.8) is 0 Å². The number of piperidine rings is 1. The zero-order valence-corrected chi connectivity index (χ0v) is 8.86. The molecule has 1 aromatic rings. The van der Waals surface area contributed by atoms with Gasteiger partial charge < -0.3 is 10.6 Å². The average molecular weight is 208 g/mol. The second-order valence-corrected chi connectivity index (χ2v) is 3.89. The third kappa shape index (κ3) is 2.56. The largest absolute Gasteiger partial charge is 0.324 e. The van der Waals surface area contributed by atoms with Crippen molar-refractivity contribution in [1.82, 2.24) is 15.1 Å². The molecule has 1 aromatic heterocycles. The van der Waals surface area contributed by atoms with Crippen LogP contribution in [0.15, 0.2) is 12.4 Å². The van der Waals surface area contributed by atoms with Crippen LogP contribution < -0.4 is 10.6 Å². The fraction of sp³-hybridized carbons (Fsp3) is 0.600. The van der Waals surface area contributed by atoms with Crippen LogP contribution in [-0.4, -0.2) is 28.8 Å². The number of carbonyl (C=O) groups excluding carboxylic acids is 1. The molecule has 1 atom stereocenters. The summed E-state index contributed by atoms with van der Waals surface area (Å²) in [4.78, 5) is 10.8. The van der Waals surface area contributed by atoms with Crippen molar-refractivity contribution in [2.45, 2.75) is 25.8 Å². The maximum atomic E-state index is 10.8. The van der Waals surface area contributed by atoms with Gasteiger partial charge in [-0.3, -0.25) is 9.48 Å². The predicted octanol–water partition coefficient (Wildman–Crippen LogP) is 0.766. The summed E-state index contributed by atoms with van der Waals surface area (Å²) in [6.07, 6.45) is 5.91. The van der Waals surface area contributed by atoms with Crippen LogP contribution in [0.3, 0.4) is 0 Å². The fourth-order valence-electron chi connectivity index (χ4n) is 1.86. The molecule has 2 rings (SSSR count). The molecule has 2 heterocycles. The molecule has 0 aromatic carbocycles. The van der Waals surface area contributed by atoms with Gasteiger partial charge in [0, 0.05) is 19.7 Å². The summed E-state index contributed by atoms with van der Waals surface area (Å²) in [7, 11) is 0. The molecule has 0 saturated carbocycles. The number of nitrogens with one attached hydrogen (secondary N) is 2. The lowest BCUT2D eigenvalue weighted by molar-refractivity contribution is -0.114. The minimum absolute atomic E-state index is 0.0590. The molecular formula is C10H16N4O. The number of anilines is 1. The Labute approximate surface area is 88.8 Å². The number of hydrogen-bond acceptors (Lipinski definition) is 3. The Morgan fingerprint density at radius 1 is 1.73 bits per heavy atom. The second-order valence-electron chi connectivity index (χ2n) is 3.89. The summed E-state index contributed by atoms with van der Waals surface area (Å²) in [5, 5.41) is 10.3. The maximum Gasteiger partial charge on any atom is 0.221 e. The number of hydrogen-bond donors (Lipinski definition) is 2. The monoisotopic (exact) mass is 208 g/mol. The summed E-state index contributed by atoms with van der Waals surface area (Å²) in [5.74, 6) is -0.0590. The standard InChI is InChI=1S/C10H16N4O/c1-8(15)13-9-5-12-14(7-9)10-3-2-4-11-6-10/h5,7,10-11H,2-4,6H2,1H3,(H,13,15). The van der Waals surface area contributed by atoms with E-state index in [1.807, 2.05) is 10.9 Å². The van der Waals surface area contributed by atoms with Crippen molar-refractivity contribution >= 4 is 11.6 Å². The quantitative estimate of drug-likeness (QED) is 0.754. The van der Waals surface area contributed by atoms with Gasteiger partial charge in [0.2, 0.25) is 5.91 Å². The number of aromatic nitrogens is 2. The topological polar surface area (TPSA) is 59.0 Å². The predicted molar refractivity (Wildman–Crippen MR) is 57.7 cm³/mol. The highest BCUT2D eigenvalue weighted by atomic mass is 16.1. The van der Waals surface area contributed by atoms with Crippen LogP contribution in [0.5, 0.6) is 0 Å². The van der Waals surface area contributed by atoms with Crippen molar-refractivity contribution in [1.29, 1.82) is 0 Å². The smallest absolute Gasteiger partial charge is 0.221 e. The first-order valence-corrected chi connectivity index (χ1v) is 5.28. The first-order valence-electron chi connectivity index (χ1n) is 5.28. The van der Waals surface area contributed by atoms with Gasteiger partial charge in [-0.15, -0.1) is 0 Å². The number of rotatable bonds is 2. The molecule has 0 bridgehead atoms. The lowest BCUT2D eigenvalue weighted by Gasteiger charge is -2.22. The summed E-state index contributed by atoms with van der Waals surface area (Å²) in [6, 6.07) is 0.418. The van der Waals surface area contributed by atoms with Crippen LogP contribution >= 0.6 is 0 Å². The molecule has 1 aliphatic heterocycles. The Balaban J connectivity index is 2.02. The molecule has 1 amide bonds. The van der Waals surface area contributed by atoms with Crippen LogP contribution in [-0.2, 0) is 4.79 Å². The highest BCUT2D eigenvalue weighted by Gasteiger charge is 2.15. The molecule has 5 heteroatoms. The van der Waals surface area contributed by atoms with Gasteiger partial charge in [0.05, 0.1) is 17.9 Å². The highest BCUT2D eigenvalue weighted by Crippen LogP contribution is 2.17. The number of carbonyl (C=O) groups is 1. The Bertz CT molecular complexity index is 341. The molecule has 0 radical (unpaired) electrons. The van der Waals surface area contributed by atoms with E-state index in [0.29, 0.717) is 6.04 Å². The lowest BCUT2D eigenvalue weighted by Crippen LogP contribution is -2.31. The van der Waals surface area contributed by atoms with Crippen LogP contribution in [0, 0.1) is 0 Å². The second kappa shape index (κ2) is 4.44. The SMILES string of the molecule is CC(=O)Nc1cnn(C2CCCNC2)c1. The molecule has 0 spiro atoms. The van der Waals surface area contributed by atoms with Gasteiger partial charge in [-0.25, -0.2) is 0 Å². The average Bonchev–Trinajstić information content (AvgIpc) is 2.67. The molecular weight excluding hydrogens is 192 g/mol. The maximum absolute atomic E-state index is 10.8. The third-order valence-electron chi connectivity index (χ3n) is 2.57. The summed E-state index contributed by atoms with van der Waals surface area (Å²) in [6.45, 7) is 3.55. The van der Waals surface area contributed by atoms with E-state index in [2.05, 4.69) is 15.7 Å². The first kappa shape index (κ1) is 10.2. The van der Waals surface area contributed by atoms with Gasteiger partial charge >= 0.3 is 0 Å². The van der Waals surface area contributed by atoms with E-state index in [4.69, 9.17) is 0 Å². The molecule has 5 nitrogen and oxygen atoms in total. The summed E-state index contributed by atoms with van der Waals surface area (Å²) < 4.78 is 1.93. The van der Waals surface area contributed by atoms with Crippen molar-refractivity contribution in [2.24, 2.45) is 0 Å². The normalized spacial score (nSPS) is 21.3. The van der Waals surface area contributed by atoms with E-state index in [-0.39, 0.29) is 5.91 Å². The highest BCUT2D eigenvalue weighted by molar-refractivity contribution is 5.88. The van der Waals surface area contributed by atoms with Crippen LogP contribution in [0.25, 0.3) is 0 Å². The van der Waals surface area contributed by atoms with E-state index in [1.54, 1.807) is 6.20 Å². The molecule has 1 aliphatic rings. The van der Waals surface area contributed by atoms with E-state index in [0.717, 1.165) is 25.2 Å². The van der Waals surface area contributed by atoms with Crippen molar-refractivity contribution in [3.05, 3.63) is 12.4 Å². The van der Waals surface area contributed by atoms with Crippen molar-refractivity contribution in [3.8, 4) is 0 Å². The number of nitrogens with zero attached hydrogens (tertiary/aromatic N) is 2. The molecule has 2 N–H and O–H groups in total. The molecule has 1 saturated heterocycles. The van der Waals surface area contributed by atoms with Gasteiger partial charge in [0.25, 0.3) is 0 Å².